The van der Waals surface area contributed by atoms with Gasteiger partial charge in [-0.15, -0.1) is 0 Å². The maximum Gasteiger partial charge on any atom is 0.408 e. The number of carbonyl (C=O) groups excluding carboxylic acids is 2. The van der Waals surface area contributed by atoms with Crippen LogP contribution in [0.25, 0.3) is 0 Å². The van der Waals surface area contributed by atoms with Gasteiger partial charge in [0.15, 0.2) is 5.82 Å². The number of amides is 2. The molecule has 2 amide bonds. The number of morpholine rings is 1. The highest BCUT2D eigenvalue weighted by Gasteiger charge is 2.31. The number of hydrogen-bond acceptors (Lipinski definition) is 9. The van der Waals surface area contributed by atoms with Gasteiger partial charge >= 0.3 is 6.09 Å². The molecule has 1 saturated heterocycles. The Morgan fingerprint density at radius 3 is 2.40 bits per heavy atom. The van der Waals surface area contributed by atoms with Gasteiger partial charge in [-0.3, -0.25) is 9.69 Å². The molecule has 0 saturated carbocycles. The molecule has 1 aliphatic rings. The molecule has 11 heteroatoms. The molecular weight excluding hydrogens is 452 g/mol. The Morgan fingerprint density at radius 2 is 1.77 bits per heavy atom. The molecule has 3 rings (SSSR count). The first-order chi connectivity index (χ1) is 16.4. The van der Waals surface area contributed by atoms with E-state index in [4.69, 9.17) is 14.0 Å². The summed E-state index contributed by atoms with van der Waals surface area (Å²) in [6.07, 6.45) is -0.569. The Hall–Kier alpha value is -3.18. The highest BCUT2D eigenvalue weighted by molar-refractivity contribution is 5.92. The summed E-state index contributed by atoms with van der Waals surface area (Å²) >= 11 is 0. The van der Waals surface area contributed by atoms with Gasteiger partial charge in [0.25, 0.3) is 0 Å². The molecule has 1 aromatic carbocycles. The molecule has 1 fully saturated rings. The third-order valence-electron chi connectivity index (χ3n) is 5.19. The molecule has 1 aliphatic heterocycles. The minimum Gasteiger partial charge on any atom is -0.444 e. The van der Waals surface area contributed by atoms with Gasteiger partial charge in [-0.25, -0.2) is 4.79 Å². The first-order valence-corrected chi connectivity index (χ1v) is 11.7. The fourth-order valence-electron chi connectivity index (χ4n) is 3.50. The number of likely N-dealkylation sites (N-methyl/N-ethyl adjacent to an activating group) is 1. The summed E-state index contributed by atoms with van der Waals surface area (Å²) in [5.74, 6) is 0.499. The number of aromatic nitrogens is 2. The lowest BCUT2D eigenvalue weighted by Crippen LogP contribution is -2.44. The Balaban J connectivity index is 1.48. The highest BCUT2D eigenvalue weighted by atomic mass is 16.6. The predicted molar refractivity (Wildman–Crippen MR) is 131 cm³/mol. The summed E-state index contributed by atoms with van der Waals surface area (Å²) in [5.41, 5.74) is 0.333. The van der Waals surface area contributed by atoms with E-state index in [9.17, 15) is 9.59 Å². The number of anilines is 2. The Morgan fingerprint density at radius 1 is 1.11 bits per heavy atom. The summed E-state index contributed by atoms with van der Waals surface area (Å²) in [6, 6.07) is 7.79. The molecule has 1 aromatic heterocycles. The van der Waals surface area contributed by atoms with E-state index in [1.807, 2.05) is 24.3 Å². The Bertz CT molecular complexity index is 993. The van der Waals surface area contributed by atoms with Crippen LogP contribution in [0.2, 0.25) is 0 Å². The minimum atomic E-state index is -0.895. The van der Waals surface area contributed by atoms with Gasteiger partial charge in [-0.05, 0) is 65.9 Å². The molecule has 2 N–H and O–H groups in total. The van der Waals surface area contributed by atoms with Crippen LogP contribution in [-0.4, -0.2) is 72.5 Å². The standard InChI is InChI=1S/C24H36N6O5/c1-23(2,3)34-22(32)27-24(4,5)21-26-20(35-28-21)16-29(6)15-19(31)25-17-7-9-18(10-8-17)30-11-13-33-14-12-30/h7-10H,11-16H2,1-6H3,(H,25,31)(H,27,32). The van der Waals surface area contributed by atoms with Crippen molar-refractivity contribution in [3.05, 3.63) is 36.0 Å². The maximum absolute atomic E-state index is 12.5. The van der Waals surface area contributed by atoms with E-state index in [1.165, 1.54) is 0 Å². The number of hydrogen-bond donors (Lipinski definition) is 2. The lowest BCUT2D eigenvalue weighted by atomic mass is 10.1. The van der Waals surface area contributed by atoms with Crippen LogP contribution in [0.15, 0.2) is 28.8 Å². The van der Waals surface area contributed by atoms with Crippen LogP contribution in [0.4, 0.5) is 16.2 Å². The second-order valence-corrected chi connectivity index (χ2v) is 10.1. The largest absolute Gasteiger partial charge is 0.444 e. The van der Waals surface area contributed by atoms with Crippen LogP contribution >= 0.6 is 0 Å². The van der Waals surface area contributed by atoms with E-state index in [0.29, 0.717) is 11.7 Å². The van der Waals surface area contributed by atoms with Gasteiger partial charge in [0.05, 0.1) is 26.3 Å². The van der Waals surface area contributed by atoms with Crippen molar-refractivity contribution >= 4 is 23.4 Å². The number of ether oxygens (including phenoxy) is 2. The quantitative estimate of drug-likeness (QED) is 0.577. The van der Waals surface area contributed by atoms with Crippen molar-refractivity contribution in [2.24, 2.45) is 0 Å². The third kappa shape index (κ3) is 8.22. The molecule has 0 atom stereocenters. The lowest BCUT2D eigenvalue weighted by Gasteiger charge is -2.28. The summed E-state index contributed by atoms with van der Waals surface area (Å²) in [6.45, 7) is 12.5. The Kier molecular flexibility index (Phi) is 8.34. The minimum absolute atomic E-state index is 0.141. The summed E-state index contributed by atoms with van der Waals surface area (Å²) in [7, 11) is 1.79. The summed E-state index contributed by atoms with van der Waals surface area (Å²) in [4.78, 5) is 33.0. The average molecular weight is 489 g/mol. The molecule has 0 bridgehead atoms. The molecule has 0 unspecified atom stereocenters. The van der Waals surface area contributed by atoms with E-state index in [-0.39, 0.29) is 19.0 Å². The van der Waals surface area contributed by atoms with Gasteiger partial charge in [0, 0.05) is 24.5 Å². The number of alkyl carbamates (subject to hydrolysis) is 1. The van der Waals surface area contributed by atoms with Gasteiger partial charge in [-0.2, -0.15) is 4.98 Å². The molecule has 2 heterocycles. The van der Waals surface area contributed by atoms with Crippen molar-refractivity contribution in [2.45, 2.75) is 52.3 Å². The zero-order valence-electron chi connectivity index (χ0n) is 21.4. The van der Waals surface area contributed by atoms with Gasteiger partial charge in [0.2, 0.25) is 11.8 Å². The molecule has 192 valence electrons. The summed E-state index contributed by atoms with van der Waals surface area (Å²) < 4.78 is 16.0. The fourth-order valence-corrected chi connectivity index (χ4v) is 3.50. The van der Waals surface area contributed by atoms with Crippen molar-refractivity contribution in [1.29, 1.82) is 0 Å². The van der Waals surface area contributed by atoms with Gasteiger partial charge in [-0.1, -0.05) is 5.16 Å². The molecule has 0 aliphatic carbocycles. The van der Waals surface area contributed by atoms with Crippen LogP contribution in [0.1, 0.15) is 46.3 Å². The van der Waals surface area contributed by atoms with Crippen molar-refractivity contribution in [2.75, 3.05) is 50.1 Å². The number of nitrogens with one attached hydrogen (secondary N) is 2. The van der Waals surface area contributed by atoms with E-state index in [2.05, 4.69) is 25.7 Å². The fraction of sp³-hybridized carbons (Fsp3) is 0.583. The maximum atomic E-state index is 12.5. The van der Waals surface area contributed by atoms with Gasteiger partial charge < -0.3 is 29.5 Å². The van der Waals surface area contributed by atoms with Crippen LogP contribution in [0, 0.1) is 0 Å². The van der Waals surface area contributed by atoms with Crippen LogP contribution in [0.3, 0.4) is 0 Å². The van der Waals surface area contributed by atoms with Crippen molar-refractivity contribution in [3.8, 4) is 0 Å². The number of benzene rings is 1. The van der Waals surface area contributed by atoms with E-state index >= 15 is 0 Å². The molecule has 2 aromatic rings. The van der Waals surface area contributed by atoms with Crippen LogP contribution in [0.5, 0.6) is 0 Å². The number of rotatable bonds is 8. The van der Waals surface area contributed by atoms with E-state index in [0.717, 1.165) is 37.7 Å². The SMILES string of the molecule is CN(CC(=O)Nc1ccc(N2CCOCC2)cc1)Cc1nc(C(C)(C)NC(=O)OC(C)(C)C)no1. The Labute approximate surface area is 206 Å². The molecule has 0 radical (unpaired) electrons. The number of carbonyl (C=O) groups is 2. The van der Waals surface area contributed by atoms with E-state index in [1.54, 1.807) is 46.6 Å². The van der Waals surface area contributed by atoms with Crippen LogP contribution < -0.4 is 15.5 Å². The third-order valence-corrected chi connectivity index (χ3v) is 5.19. The zero-order valence-corrected chi connectivity index (χ0v) is 21.4. The first kappa shape index (κ1) is 26.4. The lowest BCUT2D eigenvalue weighted by molar-refractivity contribution is -0.117. The first-order valence-electron chi connectivity index (χ1n) is 11.7. The van der Waals surface area contributed by atoms with Crippen molar-refractivity contribution in [1.82, 2.24) is 20.4 Å². The second-order valence-electron chi connectivity index (χ2n) is 10.1. The molecule has 0 spiro atoms. The van der Waals surface area contributed by atoms with Crippen molar-refractivity contribution < 1.29 is 23.6 Å². The van der Waals surface area contributed by atoms with E-state index < -0.39 is 17.2 Å². The van der Waals surface area contributed by atoms with Crippen LogP contribution in [-0.2, 0) is 26.4 Å². The van der Waals surface area contributed by atoms with Gasteiger partial charge in [0.1, 0.15) is 11.1 Å². The predicted octanol–water partition coefficient (Wildman–Crippen LogP) is 2.74. The zero-order chi connectivity index (χ0) is 25.6. The second kappa shape index (κ2) is 11.0. The smallest absolute Gasteiger partial charge is 0.408 e. The normalized spacial score (nSPS) is 14.7. The van der Waals surface area contributed by atoms with Crippen molar-refractivity contribution in [3.63, 3.8) is 0 Å². The topological polar surface area (TPSA) is 122 Å². The number of nitrogens with zero attached hydrogens (tertiary/aromatic N) is 4. The average Bonchev–Trinajstić information content (AvgIpc) is 3.22. The molecule has 11 nitrogen and oxygen atoms in total. The molecular formula is C24H36N6O5. The highest BCUT2D eigenvalue weighted by Crippen LogP contribution is 2.20. The molecule has 35 heavy (non-hydrogen) atoms. The monoisotopic (exact) mass is 488 g/mol. The summed E-state index contributed by atoms with van der Waals surface area (Å²) in [5, 5.41) is 9.64.